The summed E-state index contributed by atoms with van der Waals surface area (Å²) in [6.07, 6.45) is -0.849. The van der Waals surface area contributed by atoms with Gasteiger partial charge in [-0.05, 0) is 43.7 Å². The fourth-order valence-electron chi connectivity index (χ4n) is 2.90. The van der Waals surface area contributed by atoms with Gasteiger partial charge in [0.1, 0.15) is 0 Å². The van der Waals surface area contributed by atoms with Gasteiger partial charge in [0.05, 0.1) is 10.1 Å². The van der Waals surface area contributed by atoms with Crippen molar-refractivity contribution in [1.82, 2.24) is 0 Å². The molecule has 1 aliphatic heterocycles. The van der Waals surface area contributed by atoms with Crippen molar-refractivity contribution < 1.29 is 14.3 Å². The summed E-state index contributed by atoms with van der Waals surface area (Å²) in [5.41, 5.74) is 2.47. The first kappa shape index (κ1) is 19.8. The molecule has 3 rings (SSSR count). The third kappa shape index (κ3) is 4.87. The van der Waals surface area contributed by atoms with Gasteiger partial charge in [-0.25, -0.2) is 4.79 Å². The number of carbonyl (C=O) groups excluding carboxylic acids is 2. The molecule has 1 amide bonds. The summed E-state index contributed by atoms with van der Waals surface area (Å²) in [4.78, 5) is 26.8. The summed E-state index contributed by atoms with van der Waals surface area (Å²) in [6, 6.07) is 16.9. The standard InChI is InChI=1S/C21H23NO3S2/c1-3-22(18-7-5-4-6-8-18)19(23)15(2)25-20(24)16-9-11-17(12-10-16)21-26-13-14-27-21/h4-12,15,21H,3,13-14H2,1-2H3/t15-/m1/s1. The first-order chi connectivity index (χ1) is 13.1. The van der Waals surface area contributed by atoms with Crippen LogP contribution in [0, 0.1) is 0 Å². The van der Waals surface area contributed by atoms with Crippen LogP contribution in [-0.2, 0) is 9.53 Å². The minimum atomic E-state index is -0.849. The molecule has 0 aromatic heterocycles. The fourth-order valence-corrected chi connectivity index (χ4v) is 5.76. The minimum Gasteiger partial charge on any atom is -0.449 e. The van der Waals surface area contributed by atoms with E-state index >= 15 is 0 Å². The predicted molar refractivity (Wildman–Crippen MR) is 113 cm³/mol. The van der Waals surface area contributed by atoms with E-state index in [-0.39, 0.29) is 5.91 Å². The number of ether oxygens (including phenoxy) is 1. The van der Waals surface area contributed by atoms with E-state index < -0.39 is 12.1 Å². The van der Waals surface area contributed by atoms with Crippen molar-refractivity contribution in [3.8, 4) is 0 Å². The van der Waals surface area contributed by atoms with Crippen LogP contribution < -0.4 is 4.90 Å². The molecular weight excluding hydrogens is 378 g/mol. The van der Waals surface area contributed by atoms with Crippen molar-refractivity contribution >= 4 is 41.1 Å². The topological polar surface area (TPSA) is 46.6 Å². The molecule has 1 atom stereocenters. The maximum absolute atomic E-state index is 12.7. The zero-order chi connectivity index (χ0) is 19.2. The third-order valence-electron chi connectivity index (χ3n) is 4.32. The molecule has 0 saturated carbocycles. The Morgan fingerprint density at radius 3 is 2.30 bits per heavy atom. The number of thioether (sulfide) groups is 2. The largest absolute Gasteiger partial charge is 0.449 e. The lowest BCUT2D eigenvalue weighted by atomic mass is 10.1. The Labute approximate surface area is 168 Å². The molecule has 0 N–H and O–H groups in total. The molecule has 27 heavy (non-hydrogen) atoms. The van der Waals surface area contributed by atoms with Crippen molar-refractivity contribution in [3.05, 3.63) is 65.7 Å². The highest BCUT2D eigenvalue weighted by molar-refractivity contribution is 8.19. The molecule has 0 bridgehead atoms. The van der Waals surface area contributed by atoms with Gasteiger partial charge in [0, 0.05) is 23.7 Å². The molecule has 2 aromatic carbocycles. The Hall–Kier alpha value is -1.92. The Morgan fingerprint density at radius 1 is 1.07 bits per heavy atom. The van der Waals surface area contributed by atoms with Crippen molar-refractivity contribution in [2.75, 3.05) is 23.0 Å². The van der Waals surface area contributed by atoms with Crippen LogP contribution in [-0.4, -0.2) is 36.0 Å². The van der Waals surface area contributed by atoms with Crippen LogP contribution in [0.3, 0.4) is 0 Å². The Balaban J connectivity index is 1.63. The van der Waals surface area contributed by atoms with E-state index in [9.17, 15) is 9.59 Å². The van der Waals surface area contributed by atoms with Gasteiger partial charge in [-0.15, -0.1) is 23.5 Å². The number of esters is 1. The molecular formula is C21H23NO3S2. The molecule has 2 aromatic rings. The Kier molecular flexibility index (Phi) is 6.85. The van der Waals surface area contributed by atoms with E-state index in [2.05, 4.69) is 0 Å². The maximum atomic E-state index is 12.7. The Bertz CT molecular complexity index is 774. The van der Waals surface area contributed by atoms with Crippen LogP contribution in [0.4, 0.5) is 5.69 Å². The summed E-state index contributed by atoms with van der Waals surface area (Å²) in [7, 11) is 0. The molecule has 6 heteroatoms. The van der Waals surface area contributed by atoms with Crippen molar-refractivity contribution in [3.63, 3.8) is 0 Å². The van der Waals surface area contributed by atoms with E-state index in [0.29, 0.717) is 16.7 Å². The first-order valence-electron chi connectivity index (χ1n) is 9.00. The number of amides is 1. The van der Waals surface area contributed by atoms with Gasteiger partial charge in [0.15, 0.2) is 6.10 Å². The first-order valence-corrected chi connectivity index (χ1v) is 11.1. The molecule has 4 nitrogen and oxygen atoms in total. The second-order valence-corrected chi connectivity index (χ2v) is 8.89. The SMILES string of the molecule is CCN(C(=O)[C@@H](C)OC(=O)c1ccc(C2SCCS2)cc1)c1ccccc1. The van der Waals surface area contributed by atoms with E-state index in [1.165, 1.54) is 5.56 Å². The number of likely N-dealkylation sites (N-methyl/N-ethyl adjacent to an activating group) is 1. The number of para-hydroxylation sites is 1. The fraction of sp³-hybridized carbons (Fsp3) is 0.333. The molecule has 1 aliphatic rings. The van der Waals surface area contributed by atoms with Crippen molar-refractivity contribution in [1.29, 1.82) is 0 Å². The maximum Gasteiger partial charge on any atom is 0.338 e. The van der Waals surface area contributed by atoms with Gasteiger partial charge in [-0.2, -0.15) is 0 Å². The zero-order valence-corrected chi connectivity index (χ0v) is 17.1. The third-order valence-corrected chi connectivity index (χ3v) is 7.43. The van der Waals surface area contributed by atoms with Gasteiger partial charge in [0.2, 0.25) is 0 Å². The predicted octanol–water partition coefficient (Wildman–Crippen LogP) is 4.76. The van der Waals surface area contributed by atoms with E-state index in [4.69, 9.17) is 4.74 Å². The summed E-state index contributed by atoms with van der Waals surface area (Å²) < 4.78 is 5.87. The molecule has 142 valence electrons. The van der Waals surface area contributed by atoms with Crippen LogP contribution in [0.2, 0.25) is 0 Å². The Morgan fingerprint density at radius 2 is 1.70 bits per heavy atom. The molecule has 1 fully saturated rings. The van der Waals surface area contributed by atoms with E-state index in [0.717, 1.165) is 17.2 Å². The van der Waals surface area contributed by atoms with Crippen LogP contribution in [0.1, 0.15) is 34.4 Å². The van der Waals surface area contributed by atoms with Crippen LogP contribution in [0.25, 0.3) is 0 Å². The number of nitrogens with zero attached hydrogens (tertiary/aromatic N) is 1. The molecule has 1 saturated heterocycles. The second-order valence-electron chi connectivity index (χ2n) is 6.16. The quantitative estimate of drug-likeness (QED) is 0.653. The monoisotopic (exact) mass is 401 g/mol. The zero-order valence-electron chi connectivity index (χ0n) is 15.5. The van der Waals surface area contributed by atoms with E-state index in [1.54, 1.807) is 24.0 Å². The number of hydrogen-bond acceptors (Lipinski definition) is 5. The lowest BCUT2D eigenvalue weighted by Crippen LogP contribution is -2.40. The number of carbonyl (C=O) groups is 2. The average molecular weight is 402 g/mol. The molecule has 0 radical (unpaired) electrons. The highest BCUT2D eigenvalue weighted by Gasteiger charge is 2.25. The highest BCUT2D eigenvalue weighted by atomic mass is 32.2. The van der Waals surface area contributed by atoms with Crippen molar-refractivity contribution in [2.45, 2.75) is 24.5 Å². The number of benzene rings is 2. The summed E-state index contributed by atoms with van der Waals surface area (Å²) >= 11 is 3.85. The van der Waals surface area contributed by atoms with Gasteiger partial charge >= 0.3 is 5.97 Å². The smallest absolute Gasteiger partial charge is 0.338 e. The summed E-state index contributed by atoms with van der Waals surface area (Å²) in [5, 5.41) is 0. The molecule has 0 aliphatic carbocycles. The number of rotatable bonds is 6. The molecule has 0 unspecified atom stereocenters. The van der Waals surface area contributed by atoms with Gasteiger partial charge in [-0.3, -0.25) is 4.79 Å². The number of hydrogen-bond donors (Lipinski definition) is 0. The molecule has 1 heterocycles. The lowest BCUT2D eigenvalue weighted by Gasteiger charge is -2.24. The molecule has 0 spiro atoms. The van der Waals surface area contributed by atoms with Gasteiger partial charge in [0.25, 0.3) is 5.91 Å². The lowest BCUT2D eigenvalue weighted by molar-refractivity contribution is -0.126. The normalized spacial score (nSPS) is 15.3. The van der Waals surface area contributed by atoms with Gasteiger partial charge in [-0.1, -0.05) is 30.3 Å². The average Bonchev–Trinajstić information content (AvgIpc) is 3.24. The van der Waals surface area contributed by atoms with Crippen LogP contribution in [0.5, 0.6) is 0 Å². The number of anilines is 1. The minimum absolute atomic E-state index is 0.229. The van der Waals surface area contributed by atoms with E-state index in [1.807, 2.05) is 72.9 Å². The van der Waals surface area contributed by atoms with Crippen molar-refractivity contribution in [2.24, 2.45) is 0 Å². The van der Waals surface area contributed by atoms with Crippen LogP contribution in [0.15, 0.2) is 54.6 Å². The highest BCUT2D eigenvalue weighted by Crippen LogP contribution is 2.45. The van der Waals surface area contributed by atoms with Crippen LogP contribution >= 0.6 is 23.5 Å². The van der Waals surface area contributed by atoms with Gasteiger partial charge < -0.3 is 9.64 Å². The second kappa shape index (κ2) is 9.33. The summed E-state index contributed by atoms with van der Waals surface area (Å²) in [5.74, 6) is 1.62. The summed E-state index contributed by atoms with van der Waals surface area (Å²) in [6.45, 7) is 4.03.